The highest BCUT2D eigenvalue weighted by molar-refractivity contribution is 5.78. The summed E-state index contributed by atoms with van der Waals surface area (Å²) in [6.07, 6.45) is 9.57. The maximum absolute atomic E-state index is 13.1. The van der Waals surface area contributed by atoms with E-state index in [2.05, 4.69) is 0 Å². The standard InChI is InChI=1S/C18H32O3/c1-17(2,3)21-16(19)18(13-20-4,14-9-5-6-10-14)15-11-7-8-12-15/h14-15H,5-13H2,1-4H3. The first-order chi connectivity index (χ1) is 9.90. The van der Waals surface area contributed by atoms with E-state index in [9.17, 15) is 4.79 Å². The Hall–Kier alpha value is -0.570. The second-order valence-corrected chi connectivity index (χ2v) is 7.94. The summed E-state index contributed by atoms with van der Waals surface area (Å²) in [5, 5.41) is 0. The number of carbonyl (C=O) groups excluding carboxylic acids is 1. The van der Waals surface area contributed by atoms with Crippen LogP contribution in [0.2, 0.25) is 0 Å². The molecule has 2 aliphatic carbocycles. The second-order valence-electron chi connectivity index (χ2n) is 7.94. The van der Waals surface area contributed by atoms with Crippen LogP contribution in [-0.4, -0.2) is 25.3 Å². The topological polar surface area (TPSA) is 35.5 Å². The molecule has 0 saturated heterocycles. The van der Waals surface area contributed by atoms with Crippen molar-refractivity contribution in [2.45, 2.75) is 77.7 Å². The minimum atomic E-state index is -0.423. The number of hydrogen-bond donors (Lipinski definition) is 0. The van der Waals surface area contributed by atoms with E-state index < -0.39 is 11.0 Å². The van der Waals surface area contributed by atoms with Crippen LogP contribution in [-0.2, 0) is 14.3 Å². The van der Waals surface area contributed by atoms with Gasteiger partial charge >= 0.3 is 5.97 Å². The van der Waals surface area contributed by atoms with Crippen molar-refractivity contribution < 1.29 is 14.3 Å². The molecule has 0 aromatic rings. The summed E-state index contributed by atoms with van der Waals surface area (Å²) in [6, 6.07) is 0. The number of carbonyl (C=O) groups is 1. The number of ether oxygens (including phenoxy) is 2. The van der Waals surface area contributed by atoms with Gasteiger partial charge in [-0.1, -0.05) is 25.7 Å². The molecule has 0 N–H and O–H groups in total. The molecule has 0 spiro atoms. The van der Waals surface area contributed by atoms with Gasteiger partial charge in [0.15, 0.2) is 0 Å². The van der Waals surface area contributed by atoms with Crippen LogP contribution in [0.5, 0.6) is 0 Å². The number of esters is 1. The molecule has 2 fully saturated rings. The molecule has 2 aliphatic rings. The molecule has 122 valence electrons. The molecular formula is C18H32O3. The average Bonchev–Trinajstić information content (AvgIpc) is 3.06. The maximum atomic E-state index is 13.1. The predicted molar refractivity (Wildman–Crippen MR) is 84.1 cm³/mol. The smallest absolute Gasteiger partial charge is 0.315 e. The Kier molecular flexibility index (Phi) is 5.34. The molecule has 3 nitrogen and oxygen atoms in total. The maximum Gasteiger partial charge on any atom is 0.315 e. The molecule has 0 atom stereocenters. The summed E-state index contributed by atoms with van der Waals surface area (Å²) < 4.78 is 11.4. The summed E-state index contributed by atoms with van der Waals surface area (Å²) >= 11 is 0. The Bertz CT molecular complexity index is 328. The Balaban J connectivity index is 2.31. The van der Waals surface area contributed by atoms with E-state index in [-0.39, 0.29) is 5.97 Å². The van der Waals surface area contributed by atoms with Crippen molar-refractivity contribution in [2.75, 3.05) is 13.7 Å². The van der Waals surface area contributed by atoms with Gasteiger partial charge in [0.05, 0.1) is 12.0 Å². The third kappa shape index (κ3) is 3.61. The first-order valence-electron chi connectivity index (χ1n) is 8.62. The van der Waals surface area contributed by atoms with Crippen molar-refractivity contribution >= 4 is 5.97 Å². The molecule has 0 radical (unpaired) electrons. The molecule has 2 rings (SSSR count). The van der Waals surface area contributed by atoms with Gasteiger partial charge in [-0.15, -0.1) is 0 Å². The van der Waals surface area contributed by atoms with Crippen LogP contribution < -0.4 is 0 Å². The normalized spacial score (nSPS) is 21.9. The van der Waals surface area contributed by atoms with Gasteiger partial charge in [0.1, 0.15) is 5.60 Å². The Morgan fingerprint density at radius 2 is 1.38 bits per heavy atom. The summed E-state index contributed by atoms with van der Waals surface area (Å²) in [7, 11) is 1.73. The van der Waals surface area contributed by atoms with Crippen molar-refractivity contribution in [3.8, 4) is 0 Å². The predicted octanol–water partition coefficient (Wildman–Crippen LogP) is 4.34. The van der Waals surface area contributed by atoms with Gasteiger partial charge in [-0.3, -0.25) is 4.79 Å². The van der Waals surface area contributed by atoms with Crippen LogP contribution in [0.4, 0.5) is 0 Å². The van der Waals surface area contributed by atoms with Gasteiger partial charge < -0.3 is 9.47 Å². The van der Waals surface area contributed by atoms with E-state index in [0.29, 0.717) is 18.4 Å². The molecule has 0 bridgehead atoms. The second kappa shape index (κ2) is 6.68. The van der Waals surface area contributed by atoms with Gasteiger partial charge in [0.2, 0.25) is 0 Å². The molecule has 0 heterocycles. The number of methoxy groups -OCH3 is 1. The lowest BCUT2D eigenvalue weighted by molar-refractivity contribution is -0.181. The van der Waals surface area contributed by atoms with Crippen LogP contribution in [0.25, 0.3) is 0 Å². The van der Waals surface area contributed by atoms with Gasteiger partial charge in [-0.25, -0.2) is 0 Å². The lowest BCUT2D eigenvalue weighted by atomic mass is 9.65. The van der Waals surface area contributed by atoms with E-state index in [0.717, 1.165) is 25.7 Å². The van der Waals surface area contributed by atoms with Crippen LogP contribution in [0.15, 0.2) is 0 Å². The number of hydrogen-bond acceptors (Lipinski definition) is 3. The Labute approximate surface area is 129 Å². The van der Waals surface area contributed by atoms with Gasteiger partial charge in [0.25, 0.3) is 0 Å². The lowest BCUT2D eigenvalue weighted by Crippen LogP contribution is -2.50. The van der Waals surface area contributed by atoms with Crippen LogP contribution >= 0.6 is 0 Å². The third-order valence-electron chi connectivity index (χ3n) is 5.33. The quantitative estimate of drug-likeness (QED) is 0.708. The summed E-state index contributed by atoms with van der Waals surface area (Å²) in [6.45, 7) is 6.42. The molecular weight excluding hydrogens is 264 g/mol. The molecule has 0 aromatic heterocycles. The van der Waals surface area contributed by atoms with Gasteiger partial charge in [-0.2, -0.15) is 0 Å². The highest BCUT2D eigenvalue weighted by Crippen LogP contribution is 2.51. The monoisotopic (exact) mass is 296 g/mol. The van der Waals surface area contributed by atoms with Crippen molar-refractivity contribution in [3.05, 3.63) is 0 Å². The van der Waals surface area contributed by atoms with Crippen molar-refractivity contribution in [1.29, 1.82) is 0 Å². The van der Waals surface area contributed by atoms with Crippen molar-refractivity contribution in [3.63, 3.8) is 0 Å². The average molecular weight is 296 g/mol. The minimum Gasteiger partial charge on any atom is -0.459 e. The van der Waals surface area contributed by atoms with Gasteiger partial charge in [-0.05, 0) is 58.3 Å². The zero-order valence-corrected chi connectivity index (χ0v) is 14.2. The minimum absolute atomic E-state index is 0.00403. The van der Waals surface area contributed by atoms with Crippen LogP contribution in [0, 0.1) is 17.3 Å². The van der Waals surface area contributed by atoms with Crippen molar-refractivity contribution in [1.82, 2.24) is 0 Å². The SMILES string of the molecule is COCC(C(=O)OC(C)(C)C)(C1CCCC1)C1CCCC1. The largest absolute Gasteiger partial charge is 0.459 e. The molecule has 0 aromatic carbocycles. The molecule has 2 saturated carbocycles. The highest BCUT2D eigenvalue weighted by atomic mass is 16.6. The van der Waals surface area contributed by atoms with E-state index in [1.165, 1.54) is 25.7 Å². The molecule has 0 unspecified atom stereocenters. The van der Waals surface area contributed by atoms with Crippen LogP contribution in [0.3, 0.4) is 0 Å². The zero-order valence-electron chi connectivity index (χ0n) is 14.2. The fourth-order valence-corrected chi connectivity index (χ4v) is 4.46. The summed E-state index contributed by atoms with van der Waals surface area (Å²) in [5.74, 6) is 0.876. The summed E-state index contributed by atoms with van der Waals surface area (Å²) in [5.41, 5.74) is -0.831. The molecule has 0 aliphatic heterocycles. The first kappa shape index (κ1) is 16.8. The fraction of sp³-hybridized carbons (Fsp3) is 0.944. The third-order valence-corrected chi connectivity index (χ3v) is 5.33. The van der Waals surface area contributed by atoms with E-state index in [1.807, 2.05) is 20.8 Å². The molecule has 3 heteroatoms. The summed E-state index contributed by atoms with van der Waals surface area (Å²) in [4.78, 5) is 13.1. The lowest BCUT2D eigenvalue weighted by Gasteiger charge is -2.42. The zero-order chi connectivity index (χ0) is 15.5. The first-order valence-corrected chi connectivity index (χ1v) is 8.62. The number of rotatable bonds is 5. The Morgan fingerprint density at radius 1 is 0.952 bits per heavy atom. The van der Waals surface area contributed by atoms with E-state index >= 15 is 0 Å². The van der Waals surface area contributed by atoms with E-state index in [4.69, 9.17) is 9.47 Å². The fourth-order valence-electron chi connectivity index (χ4n) is 4.46. The molecule has 21 heavy (non-hydrogen) atoms. The van der Waals surface area contributed by atoms with E-state index in [1.54, 1.807) is 7.11 Å². The van der Waals surface area contributed by atoms with Crippen molar-refractivity contribution in [2.24, 2.45) is 17.3 Å². The van der Waals surface area contributed by atoms with Crippen LogP contribution in [0.1, 0.15) is 72.1 Å². The molecule has 0 amide bonds. The van der Waals surface area contributed by atoms with Gasteiger partial charge in [0, 0.05) is 7.11 Å². The Morgan fingerprint density at radius 3 is 1.71 bits per heavy atom. The highest BCUT2D eigenvalue weighted by Gasteiger charge is 2.54.